The predicted octanol–water partition coefficient (Wildman–Crippen LogP) is 2.57. The molecule has 2 aliphatic rings. The van der Waals surface area contributed by atoms with E-state index in [4.69, 9.17) is 4.74 Å². The van der Waals surface area contributed by atoms with Crippen molar-refractivity contribution in [1.29, 1.82) is 0 Å². The normalized spacial score (nSPS) is 17.6. The molecule has 10 heteroatoms. The summed E-state index contributed by atoms with van der Waals surface area (Å²) >= 11 is 0. The van der Waals surface area contributed by atoms with Gasteiger partial charge < -0.3 is 19.9 Å². The lowest BCUT2D eigenvalue weighted by atomic mass is 10.1. The van der Waals surface area contributed by atoms with E-state index in [-0.39, 0.29) is 23.3 Å². The van der Waals surface area contributed by atoms with Crippen LogP contribution >= 0.6 is 0 Å². The Morgan fingerprint density at radius 2 is 1.58 bits per heavy atom. The maximum Gasteiger partial charge on any atom is 0.262 e. The van der Waals surface area contributed by atoms with Gasteiger partial charge in [0.1, 0.15) is 5.75 Å². The van der Waals surface area contributed by atoms with Crippen molar-refractivity contribution in [1.82, 2.24) is 14.1 Å². The van der Waals surface area contributed by atoms with E-state index in [0.717, 1.165) is 32.4 Å². The SMILES string of the molecule is Cc1cc(S(=O)(=O)N2CCCCC2)ccc1OCC(=O)Nc1ccc(C(=O)N2CCN(C)CC2)cc1. The minimum Gasteiger partial charge on any atom is -0.483 e. The fourth-order valence-corrected chi connectivity index (χ4v) is 6.03. The Balaban J connectivity index is 1.30. The number of carbonyl (C=O) groups excluding carboxylic acids is 2. The molecule has 0 spiro atoms. The number of likely N-dealkylation sites (N-methyl/N-ethyl adjacent to an activating group) is 1. The molecule has 2 aromatic rings. The Labute approximate surface area is 213 Å². The maximum absolute atomic E-state index is 12.9. The van der Waals surface area contributed by atoms with E-state index in [1.165, 1.54) is 10.4 Å². The summed E-state index contributed by atoms with van der Waals surface area (Å²) in [6.45, 7) is 5.76. The number of nitrogens with one attached hydrogen (secondary N) is 1. The van der Waals surface area contributed by atoms with Gasteiger partial charge >= 0.3 is 0 Å². The summed E-state index contributed by atoms with van der Waals surface area (Å²) in [6, 6.07) is 11.5. The molecule has 0 bridgehead atoms. The van der Waals surface area contributed by atoms with Gasteiger partial charge in [-0.15, -0.1) is 0 Å². The number of nitrogens with zero attached hydrogens (tertiary/aromatic N) is 3. The standard InChI is InChI=1S/C26H34N4O5S/c1-20-18-23(36(33,34)30-12-4-3-5-13-30)10-11-24(20)35-19-25(31)27-22-8-6-21(7-9-22)26(32)29-16-14-28(2)15-17-29/h6-11,18H,3-5,12-17,19H2,1-2H3,(H,27,31). The second kappa shape index (κ2) is 11.4. The van der Waals surface area contributed by atoms with Gasteiger partial charge in [-0.3, -0.25) is 9.59 Å². The smallest absolute Gasteiger partial charge is 0.262 e. The number of anilines is 1. The predicted molar refractivity (Wildman–Crippen MR) is 138 cm³/mol. The Hall–Kier alpha value is -2.95. The molecule has 0 aromatic heterocycles. The second-order valence-electron chi connectivity index (χ2n) is 9.40. The summed E-state index contributed by atoms with van der Waals surface area (Å²) < 4.78 is 32.9. The van der Waals surface area contributed by atoms with Crippen molar-refractivity contribution >= 4 is 27.5 Å². The molecule has 36 heavy (non-hydrogen) atoms. The van der Waals surface area contributed by atoms with Gasteiger partial charge in [-0.25, -0.2) is 8.42 Å². The number of aryl methyl sites for hydroxylation is 1. The number of piperazine rings is 1. The number of hydrogen-bond donors (Lipinski definition) is 1. The highest BCUT2D eigenvalue weighted by atomic mass is 32.2. The topological polar surface area (TPSA) is 99.3 Å². The molecular formula is C26H34N4O5S. The first-order valence-corrected chi connectivity index (χ1v) is 13.8. The molecule has 2 aromatic carbocycles. The summed E-state index contributed by atoms with van der Waals surface area (Å²) in [6.07, 6.45) is 2.81. The fraction of sp³-hybridized carbons (Fsp3) is 0.462. The number of ether oxygens (including phenoxy) is 1. The van der Waals surface area contributed by atoms with Gasteiger partial charge in [-0.1, -0.05) is 6.42 Å². The van der Waals surface area contributed by atoms with Crippen LogP contribution in [0.2, 0.25) is 0 Å². The van der Waals surface area contributed by atoms with Crippen molar-refractivity contribution in [2.45, 2.75) is 31.1 Å². The van der Waals surface area contributed by atoms with E-state index in [1.54, 1.807) is 43.3 Å². The van der Waals surface area contributed by atoms with Crippen LogP contribution in [-0.4, -0.2) is 87.3 Å². The van der Waals surface area contributed by atoms with Crippen molar-refractivity contribution in [2.75, 3.05) is 58.2 Å². The van der Waals surface area contributed by atoms with Crippen molar-refractivity contribution in [3.05, 3.63) is 53.6 Å². The lowest BCUT2D eigenvalue weighted by molar-refractivity contribution is -0.118. The summed E-state index contributed by atoms with van der Waals surface area (Å²) in [4.78, 5) is 29.3. The minimum absolute atomic E-state index is 0.00877. The average Bonchev–Trinajstić information content (AvgIpc) is 2.89. The zero-order chi connectivity index (χ0) is 25.7. The number of hydrogen-bond acceptors (Lipinski definition) is 6. The quantitative estimate of drug-likeness (QED) is 0.610. The van der Waals surface area contributed by atoms with Crippen molar-refractivity contribution in [3.63, 3.8) is 0 Å². The van der Waals surface area contributed by atoms with Crippen LogP contribution < -0.4 is 10.1 Å². The molecule has 2 heterocycles. The Morgan fingerprint density at radius 1 is 0.917 bits per heavy atom. The molecule has 0 aliphatic carbocycles. The van der Waals surface area contributed by atoms with E-state index in [1.807, 2.05) is 11.9 Å². The Bertz CT molecular complexity index is 1190. The van der Waals surface area contributed by atoms with Crippen molar-refractivity contribution in [2.24, 2.45) is 0 Å². The van der Waals surface area contributed by atoms with Gasteiger partial charge in [0.25, 0.3) is 11.8 Å². The summed E-state index contributed by atoms with van der Waals surface area (Å²) in [5, 5.41) is 2.76. The molecule has 194 valence electrons. The van der Waals surface area contributed by atoms with Gasteiger partial charge in [0, 0.05) is 50.5 Å². The molecule has 2 aliphatic heterocycles. The van der Waals surface area contributed by atoms with Gasteiger partial charge in [0.15, 0.2) is 6.61 Å². The van der Waals surface area contributed by atoms with Crippen LogP contribution in [0.25, 0.3) is 0 Å². The van der Waals surface area contributed by atoms with Crippen LogP contribution in [0, 0.1) is 6.92 Å². The third kappa shape index (κ3) is 6.24. The maximum atomic E-state index is 12.9. The molecule has 2 amide bonds. The van der Waals surface area contributed by atoms with Gasteiger partial charge in [0.05, 0.1) is 4.90 Å². The van der Waals surface area contributed by atoms with Crippen LogP contribution in [-0.2, 0) is 14.8 Å². The van der Waals surface area contributed by atoms with Crippen LogP contribution in [0.5, 0.6) is 5.75 Å². The van der Waals surface area contributed by atoms with Crippen LogP contribution in [0.15, 0.2) is 47.4 Å². The van der Waals surface area contributed by atoms with E-state index in [0.29, 0.717) is 48.7 Å². The largest absolute Gasteiger partial charge is 0.483 e. The Kier molecular flexibility index (Phi) is 8.28. The molecule has 1 N–H and O–H groups in total. The molecule has 0 atom stereocenters. The van der Waals surface area contributed by atoms with Gasteiger partial charge in [0.2, 0.25) is 10.0 Å². The highest BCUT2D eigenvalue weighted by Gasteiger charge is 2.26. The molecule has 4 rings (SSSR count). The van der Waals surface area contributed by atoms with Crippen LogP contribution in [0.3, 0.4) is 0 Å². The molecular weight excluding hydrogens is 480 g/mol. The number of rotatable bonds is 7. The number of amides is 2. The lowest BCUT2D eigenvalue weighted by Crippen LogP contribution is -2.47. The zero-order valence-corrected chi connectivity index (χ0v) is 21.7. The summed E-state index contributed by atoms with van der Waals surface area (Å²) in [7, 11) is -1.48. The molecule has 0 radical (unpaired) electrons. The number of piperidine rings is 1. The minimum atomic E-state index is -3.52. The van der Waals surface area contributed by atoms with E-state index >= 15 is 0 Å². The monoisotopic (exact) mass is 514 g/mol. The zero-order valence-electron chi connectivity index (χ0n) is 20.9. The van der Waals surface area contributed by atoms with E-state index in [2.05, 4.69) is 10.2 Å². The molecule has 0 saturated carbocycles. The first kappa shape index (κ1) is 26.1. The lowest BCUT2D eigenvalue weighted by Gasteiger charge is -2.32. The van der Waals surface area contributed by atoms with Crippen molar-refractivity contribution in [3.8, 4) is 5.75 Å². The van der Waals surface area contributed by atoms with Crippen LogP contribution in [0.4, 0.5) is 5.69 Å². The summed E-state index contributed by atoms with van der Waals surface area (Å²) in [5.74, 6) is 0.0963. The fourth-order valence-electron chi connectivity index (χ4n) is 4.43. The van der Waals surface area contributed by atoms with Crippen LogP contribution in [0.1, 0.15) is 35.2 Å². The first-order valence-electron chi connectivity index (χ1n) is 12.4. The van der Waals surface area contributed by atoms with Crippen molar-refractivity contribution < 1.29 is 22.7 Å². The Morgan fingerprint density at radius 3 is 2.22 bits per heavy atom. The number of benzene rings is 2. The highest BCUT2D eigenvalue weighted by Crippen LogP contribution is 2.26. The third-order valence-electron chi connectivity index (χ3n) is 6.66. The first-order chi connectivity index (χ1) is 17.2. The molecule has 9 nitrogen and oxygen atoms in total. The second-order valence-corrected chi connectivity index (χ2v) is 11.3. The average molecular weight is 515 g/mol. The molecule has 2 saturated heterocycles. The summed E-state index contributed by atoms with van der Waals surface area (Å²) in [5.41, 5.74) is 1.80. The van der Waals surface area contributed by atoms with Gasteiger partial charge in [-0.05, 0) is 74.8 Å². The number of carbonyl (C=O) groups is 2. The van der Waals surface area contributed by atoms with Gasteiger partial charge in [-0.2, -0.15) is 4.31 Å². The molecule has 0 unspecified atom stereocenters. The van der Waals surface area contributed by atoms with E-state index < -0.39 is 10.0 Å². The highest BCUT2D eigenvalue weighted by molar-refractivity contribution is 7.89. The third-order valence-corrected chi connectivity index (χ3v) is 8.56. The van der Waals surface area contributed by atoms with E-state index in [9.17, 15) is 18.0 Å². The number of sulfonamides is 1. The molecule has 2 fully saturated rings.